The summed E-state index contributed by atoms with van der Waals surface area (Å²) in [5.41, 5.74) is 0.676. The zero-order valence-electron chi connectivity index (χ0n) is 14.5. The van der Waals surface area contributed by atoms with Crippen molar-refractivity contribution in [2.24, 2.45) is 0 Å². The van der Waals surface area contributed by atoms with Crippen LogP contribution in [0.15, 0.2) is 41.2 Å². The van der Waals surface area contributed by atoms with Crippen LogP contribution in [0.1, 0.15) is 11.8 Å². The standard InChI is InChI=1S/C17H16FN5O2S2/c1-17(8-27(24)23(2)16(19)21-17)14-12(18)7-13(26-14)10-4-3-5-11(6-10)15-20-9-25-22-15/h3-7,9H,8H2,1-2H3,(H2,19,21)/t17-,27?/m0/s1. The number of nitrogens with one attached hydrogen (secondary N) is 2. The van der Waals surface area contributed by atoms with E-state index < -0.39 is 16.9 Å². The zero-order chi connectivity index (χ0) is 19.2. The Morgan fingerprint density at radius 1 is 1.41 bits per heavy atom. The molecule has 2 aromatic heterocycles. The number of nitrogens with zero attached hydrogens (tertiary/aromatic N) is 3. The van der Waals surface area contributed by atoms with Crippen LogP contribution in [-0.4, -0.2) is 37.8 Å². The van der Waals surface area contributed by atoms with E-state index in [2.05, 4.69) is 15.5 Å². The molecule has 2 atom stereocenters. The molecule has 1 aliphatic rings. The topological polar surface area (TPSA) is 101 Å². The van der Waals surface area contributed by atoms with Gasteiger partial charge in [0.1, 0.15) is 11.4 Å². The lowest BCUT2D eigenvalue weighted by Crippen LogP contribution is -2.60. The molecule has 0 spiro atoms. The predicted octanol–water partition coefficient (Wildman–Crippen LogP) is 2.95. The Hall–Kier alpha value is -2.43. The highest BCUT2D eigenvalue weighted by atomic mass is 32.2. The first-order valence-electron chi connectivity index (χ1n) is 8.03. The van der Waals surface area contributed by atoms with Crippen LogP contribution in [-0.2, 0) is 16.9 Å². The van der Waals surface area contributed by atoms with Crippen LogP contribution in [0.4, 0.5) is 4.39 Å². The molecule has 0 bridgehead atoms. The summed E-state index contributed by atoms with van der Waals surface area (Å²) < 4.78 is 33.2. The summed E-state index contributed by atoms with van der Waals surface area (Å²) in [5.74, 6) is 0.271. The SMILES string of the molecule is CN1C(=N)N[C@](C)(c2sc(-c3cccc(-c4ncon4)c3)cc2F)C[S+]1[O-]. The Morgan fingerprint density at radius 3 is 2.89 bits per heavy atom. The highest BCUT2D eigenvalue weighted by molar-refractivity contribution is 7.89. The van der Waals surface area contributed by atoms with E-state index in [4.69, 9.17) is 9.93 Å². The largest absolute Gasteiger partial charge is 0.593 e. The van der Waals surface area contributed by atoms with Crippen molar-refractivity contribution in [3.05, 3.63) is 47.4 Å². The molecule has 27 heavy (non-hydrogen) atoms. The summed E-state index contributed by atoms with van der Waals surface area (Å²) >= 11 is -0.115. The van der Waals surface area contributed by atoms with Crippen molar-refractivity contribution in [2.45, 2.75) is 12.5 Å². The van der Waals surface area contributed by atoms with Gasteiger partial charge in [-0.25, -0.2) is 4.39 Å². The highest BCUT2D eigenvalue weighted by Crippen LogP contribution is 2.39. The van der Waals surface area contributed by atoms with E-state index in [0.717, 1.165) is 16.0 Å². The number of thiophene rings is 1. The van der Waals surface area contributed by atoms with Crippen LogP contribution >= 0.6 is 11.3 Å². The molecular formula is C17H16FN5O2S2. The van der Waals surface area contributed by atoms with E-state index in [1.807, 2.05) is 24.3 Å². The third-order valence-electron chi connectivity index (χ3n) is 4.38. The minimum Gasteiger partial charge on any atom is -0.593 e. The summed E-state index contributed by atoms with van der Waals surface area (Å²) in [6.45, 7) is 1.76. The number of benzene rings is 1. The molecule has 0 aliphatic carbocycles. The number of rotatable bonds is 3. The van der Waals surface area contributed by atoms with Crippen LogP contribution in [0, 0.1) is 11.2 Å². The van der Waals surface area contributed by atoms with Gasteiger partial charge in [-0.15, -0.1) is 11.3 Å². The smallest absolute Gasteiger partial charge is 0.234 e. The average molecular weight is 405 g/mol. The molecule has 3 aromatic rings. The van der Waals surface area contributed by atoms with Gasteiger partial charge in [-0.1, -0.05) is 23.4 Å². The van der Waals surface area contributed by atoms with Gasteiger partial charge in [0.2, 0.25) is 18.2 Å². The third-order valence-corrected chi connectivity index (χ3v) is 7.42. The summed E-state index contributed by atoms with van der Waals surface area (Å²) in [4.78, 5) is 5.19. The second-order valence-corrected chi connectivity index (χ2v) is 8.92. The summed E-state index contributed by atoms with van der Waals surface area (Å²) in [6.07, 6.45) is 1.26. The summed E-state index contributed by atoms with van der Waals surface area (Å²) in [6, 6.07) is 8.91. The molecule has 3 heterocycles. The number of guanidine groups is 1. The van der Waals surface area contributed by atoms with Crippen molar-refractivity contribution < 1.29 is 13.5 Å². The Morgan fingerprint density at radius 2 is 2.19 bits per heavy atom. The first kappa shape index (κ1) is 18.0. The normalized spacial score (nSPS) is 22.7. The summed E-state index contributed by atoms with van der Waals surface area (Å²) in [5, 5.41) is 14.8. The Kier molecular flexibility index (Phi) is 4.41. The molecule has 2 N–H and O–H groups in total. The van der Waals surface area contributed by atoms with Gasteiger partial charge in [-0.2, -0.15) is 9.29 Å². The maximum absolute atomic E-state index is 14.8. The van der Waals surface area contributed by atoms with E-state index in [0.29, 0.717) is 10.7 Å². The van der Waals surface area contributed by atoms with Crippen molar-refractivity contribution in [3.8, 4) is 21.8 Å². The van der Waals surface area contributed by atoms with E-state index in [9.17, 15) is 8.94 Å². The number of hydrogen-bond donors (Lipinski definition) is 2. The van der Waals surface area contributed by atoms with Crippen LogP contribution in [0.2, 0.25) is 0 Å². The van der Waals surface area contributed by atoms with Gasteiger partial charge in [-0.05, 0) is 24.6 Å². The fourth-order valence-corrected chi connectivity index (χ4v) is 5.32. The van der Waals surface area contributed by atoms with E-state index in [-0.39, 0.29) is 17.5 Å². The fourth-order valence-electron chi connectivity index (χ4n) is 2.94. The lowest BCUT2D eigenvalue weighted by molar-refractivity contribution is 0.410. The van der Waals surface area contributed by atoms with Crippen LogP contribution in [0.5, 0.6) is 0 Å². The number of hydrogen-bond acceptors (Lipinski definition) is 6. The molecule has 0 radical (unpaired) electrons. The molecule has 1 aliphatic heterocycles. The minimum atomic E-state index is -1.39. The van der Waals surface area contributed by atoms with Crippen molar-refractivity contribution >= 4 is 28.7 Å². The maximum Gasteiger partial charge on any atom is 0.234 e. The van der Waals surface area contributed by atoms with Gasteiger partial charge in [-0.3, -0.25) is 5.41 Å². The molecule has 4 rings (SSSR count). The van der Waals surface area contributed by atoms with Crippen LogP contribution < -0.4 is 5.32 Å². The maximum atomic E-state index is 14.8. The second-order valence-electron chi connectivity index (χ2n) is 6.39. The Labute approximate surface area is 162 Å². The highest BCUT2D eigenvalue weighted by Gasteiger charge is 2.44. The van der Waals surface area contributed by atoms with Crippen molar-refractivity contribution in [3.63, 3.8) is 0 Å². The van der Waals surface area contributed by atoms with Crippen LogP contribution in [0.3, 0.4) is 0 Å². The van der Waals surface area contributed by atoms with Gasteiger partial charge in [0, 0.05) is 10.4 Å². The molecule has 1 fully saturated rings. The molecule has 10 heteroatoms. The van der Waals surface area contributed by atoms with Crippen molar-refractivity contribution in [2.75, 3.05) is 12.8 Å². The number of halogens is 1. The van der Waals surface area contributed by atoms with Gasteiger partial charge in [0.15, 0.2) is 5.75 Å². The van der Waals surface area contributed by atoms with Crippen molar-refractivity contribution in [1.82, 2.24) is 19.8 Å². The molecule has 1 unspecified atom stereocenters. The lowest BCUT2D eigenvalue weighted by atomic mass is 10.0. The van der Waals surface area contributed by atoms with Gasteiger partial charge in [0.25, 0.3) is 0 Å². The van der Waals surface area contributed by atoms with E-state index >= 15 is 0 Å². The first-order valence-corrected chi connectivity index (χ1v) is 10.1. The monoisotopic (exact) mass is 405 g/mol. The molecule has 1 aromatic carbocycles. The molecule has 0 saturated carbocycles. The molecule has 7 nitrogen and oxygen atoms in total. The van der Waals surface area contributed by atoms with E-state index in [1.54, 1.807) is 14.0 Å². The third kappa shape index (κ3) is 3.20. The second kappa shape index (κ2) is 6.63. The Bertz CT molecular complexity index is 993. The van der Waals surface area contributed by atoms with Gasteiger partial charge in [0.05, 0.1) is 23.3 Å². The number of aromatic nitrogens is 2. The quantitative estimate of drug-likeness (QED) is 0.650. The van der Waals surface area contributed by atoms with Crippen molar-refractivity contribution in [1.29, 1.82) is 5.41 Å². The van der Waals surface area contributed by atoms with Gasteiger partial charge >= 0.3 is 0 Å². The predicted molar refractivity (Wildman–Crippen MR) is 102 cm³/mol. The minimum absolute atomic E-state index is 0.00976. The van der Waals surface area contributed by atoms with E-state index in [1.165, 1.54) is 28.1 Å². The van der Waals surface area contributed by atoms with Gasteiger partial charge < -0.3 is 14.4 Å². The summed E-state index contributed by atoms with van der Waals surface area (Å²) in [7, 11) is 1.57. The molecule has 0 amide bonds. The zero-order valence-corrected chi connectivity index (χ0v) is 16.2. The molecule has 1 saturated heterocycles. The average Bonchev–Trinajstić information content (AvgIpc) is 3.30. The first-order chi connectivity index (χ1) is 12.9. The van der Waals surface area contributed by atoms with Crippen LogP contribution in [0.25, 0.3) is 21.8 Å². The molecule has 140 valence electrons. The lowest BCUT2D eigenvalue weighted by Gasteiger charge is -2.39. The molecular weight excluding hydrogens is 389 g/mol. The fraction of sp³-hybridized carbons (Fsp3) is 0.235. The Balaban J connectivity index is 1.70.